The zero-order chi connectivity index (χ0) is 13.5. The molecule has 7 nitrogen and oxygen atoms in total. The molecule has 1 aliphatic heterocycles. The topological polar surface area (TPSA) is 105 Å². The highest BCUT2D eigenvalue weighted by atomic mass is 16.5. The van der Waals surface area contributed by atoms with Gasteiger partial charge in [0.15, 0.2) is 11.5 Å². The van der Waals surface area contributed by atoms with Gasteiger partial charge in [-0.25, -0.2) is 4.79 Å². The number of aromatic amines is 1. The Balaban J connectivity index is 2.49. The Morgan fingerprint density at radius 3 is 2.78 bits per heavy atom. The molecule has 0 saturated heterocycles. The first-order valence-corrected chi connectivity index (χ1v) is 5.41. The van der Waals surface area contributed by atoms with Gasteiger partial charge >= 0.3 is 5.69 Å². The fourth-order valence-electron chi connectivity index (χ4n) is 1.95. The summed E-state index contributed by atoms with van der Waals surface area (Å²) in [6, 6.07) is 0. The smallest absolute Gasteiger partial charge is 0.331 e. The van der Waals surface area contributed by atoms with Crippen molar-refractivity contribution in [1.29, 1.82) is 0 Å². The van der Waals surface area contributed by atoms with Gasteiger partial charge in [-0.15, -0.1) is 0 Å². The molecule has 0 aromatic carbocycles. The second kappa shape index (κ2) is 4.02. The van der Waals surface area contributed by atoms with Crippen molar-refractivity contribution >= 4 is 0 Å². The predicted molar refractivity (Wildman–Crippen MR) is 62.2 cm³/mol. The molecule has 2 rings (SSSR count). The lowest BCUT2D eigenvalue weighted by molar-refractivity contribution is -0.0418. The van der Waals surface area contributed by atoms with Gasteiger partial charge in [-0.2, -0.15) is 0 Å². The highest BCUT2D eigenvalue weighted by Crippen LogP contribution is 2.35. The van der Waals surface area contributed by atoms with E-state index in [1.54, 1.807) is 13.8 Å². The zero-order valence-electron chi connectivity index (χ0n) is 10.1. The molecule has 0 radical (unpaired) electrons. The zero-order valence-corrected chi connectivity index (χ0v) is 10.1. The normalized spacial score (nSPS) is 23.3. The number of rotatable bonds is 2. The summed E-state index contributed by atoms with van der Waals surface area (Å²) in [5.41, 5.74) is -1.87. The molecule has 1 aliphatic rings. The van der Waals surface area contributed by atoms with Crippen molar-refractivity contribution in [2.24, 2.45) is 0 Å². The van der Waals surface area contributed by atoms with E-state index < -0.39 is 23.6 Å². The van der Waals surface area contributed by atoms with Gasteiger partial charge in [-0.05, 0) is 13.8 Å². The minimum atomic E-state index is -1.14. The van der Waals surface area contributed by atoms with E-state index in [2.05, 4.69) is 4.98 Å². The summed E-state index contributed by atoms with van der Waals surface area (Å²) >= 11 is 0. The molecule has 0 saturated carbocycles. The Bertz CT molecular complexity index is 627. The van der Waals surface area contributed by atoms with Gasteiger partial charge < -0.3 is 14.9 Å². The van der Waals surface area contributed by atoms with Crippen LogP contribution in [0.15, 0.2) is 27.3 Å². The number of aryl methyl sites for hydroxylation is 1. The fourth-order valence-corrected chi connectivity index (χ4v) is 1.95. The molecule has 0 bridgehead atoms. The van der Waals surface area contributed by atoms with Crippen LogP contribution in [0.3, 0.4) is 0 Å². The van der Waals surface area contributed by atoms with E-state index in [-0.39, 0.29) is 17.9 Å². The van der Waals surface area contributed by atoms with Crippen molar-refractivity contribution in [2.45, 2.75) is 26.0 Å². The van der Waals surface area contributed by atoms with E-state index in [9.17, 15) is 14.7 Å². The maximum atomic E-state index is 11.8. The summed E-state index contributed by atoms with van der Waals surface area (Å²) in [7, 11) is 0. The molecular weight excluding hydrogens is 240 g/mol. The SMILES string of the molecule is Cc1cn([C@]2(C)CC(O)=C(CO)O2)c(=O)[nH]c1=O. The van der Waals surface area contributed by atoms with E-state index in [1.165, 1.54) is 10.8 Å². The molecule has 3 N–H and O–H groups in total. The lowest BCUT2D eigenvalue weighted by atomic mass is 10.1. The molecule has 0 spiro atoms. The Morgan fingerprint density at radius 1 is 1.56 bits per heavy atom. The van der Waals surface area contributed by atoms with Crippen molar-refractivity contribution in [3.8, 4) is 0 Å². The minimum absolute atomic E-state index is 0.0354. The minimum Gasteiger partial charge on any atom is -0.508 e. The molecule has 2 heterocycles. The van der Waals surface area contributed by atoms with Gasteiger partial charge in [-0.1, -0.05) is 0 Å². The van der Waals surface area contributed by atoms with E-state index in [0.717, 1.165) is 0 Å². The van der Waals surface area contributed by atoms with E-state index in [4.69, 9.17) is 9.84 Å². The molecule has 7 heteroatoms. The highest BCUT2D eigenvalue weighted by molar-refractivity contribution is 5.12. The number of H-pyrrole nitrogens is 1. The van der Waals surface area contributed by atoms with E-state index >= 15 is 0 Å². The van der Waals surface area contributed by atoms with Crippen LogP contribution in [0.25, 0.3) is 0 Å². The van der Waals surface area contributed by atoms with Crippen molar-refractivity contribution < 1.29 is 14.9 Å². The van der Waals surface area contributed by atoms with Crippen LogP contribution in [-0.2, 0) is 10.5 Å². The van der Waals surface area contributed by atoms with E-state index in [1.807, 2.05) is 0 Å². The number of hydrogen-bond acceptors (Lipinski definition) is 5. The van der Waals surface area contributed by atoms with Gasteiger partial charge in [0.25, 0.3) is 5.56 Å². The van der Waals surface area contributed by atoms with Gasteiger partial charge in [0.05, 0.1) is 6.42 Å². The molecule has 1 aromatic rings. The molecule has 0 fully saturated rings. The second-order valence-corrected chi connectivity index (χ2v) is 4.42. The van der Waals surface area contributed by atoms with Crippen molar-refractivity contribution in [2.75, 3.05) is 6.61 Å². The Hall–Kier alpha value is -2.02. The average molecular weight is 254 g/mol. The van der Waals surface area contributed by atoms with Crippen LogP contribution >= 0.6 is 0 Å². The number of ether oxygens (including phenoxy) is 1. The second-order valence-electron chi connectivity index (χ2n) is 4.42. The van der Waals surface area contributed by atoms with Crippen molar-refractivity contribution in [3.63, 3.8) is 0 Å². The average Bonchev–Trinajstić information content (AvgIpc) is 2.59. The number of hydrogen-bond donors (Lipinski definition) is 3. The van der Waals surface area contributed by atoms with Gasteiger partial charge in [0, 0.05) is 11.8 Å². The first kappa shape index (κ1) is 12.4. The molecule has 0 amide bonds. The van der Waals surface area contributed by atoms with Gasteiger partial charge in [-0.3, -0.25) is 14.3 Å². The maximum Gasteiger partial charge on any atom is 0.331 e. The van der Waals surface area contributed by atoms with Gasteiger partial charge in [0.2, 0.25) is 0 Å². The molecule has 98 valence electrons. The first-order valence-electron chi connectivity index (χ1n) is 5.41. The van der Waals surface area contributed by atoms with Crippen LogP contribution in [-0.4, -0.2) is 26.4 Å². The standard InChI is InChI=1S/C11H14N2O5/c1-6-4-13(10(17)12-9(6)16)11(2)3-7(15)8(5-14)18-11/h4,14-15H,3,5H2,1-2H3,(H,12,16,17)/t11-/m0/s1. The third-order valence-corrected chi connectivity index (χ3v) is 2.93. The Labute approximate surface area is 102 Å². The quantitative estimate of drug-likeness (QED) is 0.672. The summed E-state index contributed by atoms with van der Waals surface area (Å²) < 4.78 is 6.59. The maximum absolute atomic E-state index is 11.8. The lowest BCUT2D eigenvalue weighted by Crippen LogP contribution is -2.42. The van der Waals surface area contributed by atoms with Crippen molar-refractivity contribution in [1.82, 2.24) is 9.55 Å². The number of nitrogens with zero attached hydrogens (tertiary/aromatic N) is 1. The third kappa shape index (κ3) is 1.82. The Morgan fingerprint density at radius 2 is 2.22 bits per heavy atom. The Kier molecular flexibility index (Phi) is 2.78. The van der Waals surface area contributed by atoms with Crippen LogP contribution in [0.2, 0.25) is 0 Å². The number of nitrogens with one attached hydrogen (secondary N) is 1. The molecule has 1 atom stereocenters. The first-order chi connectivity index (χ1) is 8.37. The lowest BCUT2D eigenvalue weighted by Gasteiger charge is -2.27. The fraction of sp³-hybridized carbons (Fsp3) is 0.455. The molecule has 0 aliphatic carbocycles. The number of aliphatic hydroxyl groups is 2. The van der Waals surface area contributed by atoms with Crippen molar-refractivity contribution in [3.05, 3.63) is 44.1 Å². The monoisotopic (exact) mass is 254 g/mol. The predicted octanol–water partition coefficient (Wildman–Crippen LogP) is -0.300. The van der Waals surface area contributed by atoms with Crippen LogP contribution in [0, 0.1) is 6.92 Å². The summed E-state index contributed by atoms with van der Waals surface area (Å²) in [4.78, 5) is 25.2. The van der Waals surface area contributed by atoms with Gasteiger partial charge in [0.1, 0.15) is 12.4 Å². The molecule has 0 unspecified atom stereocenters. The number of aliphatic hydroxyl groups excluding tert-OH is 2. The molecule has 18 heavy (non-hydrogen) atoms. The van der Waals surface area contributed by atoms with Crippen LogP contribution in [0.1, 0.15) is 18.9 Å². The highest BCUT2D eigenvalue weighted by Gasteiger charge is 2.39. The molecular formula is C11H14N2O5. The van der Waals surface area contributed by atoms with E-state index in [0.29, 0.717) is 5.56 Å². The van der Waals surface area contributed by atoms with Crippen LogP contribution in [0.4, 0.5) is 0 Å². The van der Waals surface area contributed by atoms with Crippen LogP contribution in [0.5, 0.6) is 0 Å². The largest absolute Gasteiger partial charge is 0.508 e. The van der Waals surface area contributed by atoms with Crippen LogP contribution < -0.4 is 11.2 Å². The number of aromatic nitrogens is 2. The summed E-state index contributed by atoms with van der Waals surface area (Å²) in [6.07, 6.45) is 1.42. The molecule has 1 aromatic heterocycles. The summed E-state index contributed by atoms with van der Waals surface area (Å²) in [5, 5.41) is 18.6. The third-order valence-electron chi connectivity index (χ3n) is 2.93. The summed E-state index contributed by atoms with van der Waals surface area (Å²) in [6.45, 7) is 2.71. The summed E-state index contributed by atoms with van der Waals surface area (Å²) in [5.74, 6) is -0.0657.